The van der Waals surface area contributed by atoms with Crippen LogP contribution >= 0.6 is 11.6 Å². The predicted molar refractivity (Wildman–Crippen MR) is 205 cm³/mol. The lowest BCUT2D eigenvalue weighted by Crippen LogP contribution is -2.48. The fourth-order valence-electron chi connectivity index (χ4n) is 7.10. The van der Waals surface area contributed by atoms with Crippen molar-refractivity contribution >= 4 is 43.3 Å². The second-order valence-corrected chi connectivity index (χ2v) is 20.9. The number of ether oxygens (including phenoxy) is 3. The first-order chi connectivity index (χ1) is 24.2. The smallest absolute Gasteiger partial charge is 0.411 e. The number of piperidine rings is 1. The highest BCUT2D eigenvalue weighted by molar-refractivity contribution is 6.74. The number of rotatable bonds is 13. The molecule has 2 bridgehead atoms. The van der Waals surface area contributed by atoms with Crippen molar-refractivity contribution in [3.8, 4) is 16.9 Å². The van der Waals surface area contributed by atoms with E-state index in [1.165, 1.54) is 0 Å². The van der Waals surface area contributed by atoms with Crippen molar-refractivity contribution in [1.29, 1.82) is 0 Å². The minimum absolute atomic E-state index is 0.0829. The number of hydrogen-bond donors (Lipinski definition) is 2. The average molecular weight is 734 g/mol. The van der Waals surface area contributed by atoms with Crippen molar-refractivity contribution in [2.24, 2.45) is 0 Å². The number of aryl methyl sites for hydroxylation is 1. The SMILES string of the molecule is COc1cc(NC(=O)CCCCc2ccc(-c3ccccc3)c(NC(=O)O[C@@H]3C[C@@H]4[C@H]5O[C@H]5[C@H](C3)N4C)c2)c(Cl)cc1CO[Si](C)(C)C(C)(C)C. The number of hydrogen-bond acceptors (Lipinski definition) is 7. The number of benzene rings is 3. The van der Waals surface area contributed by atoms with E-state index in [2.05, 4.69) is 62.5 Å². The predicted octanol–water partition coefficient (Wildman–Crippen LogP) is 9.05. The van der Waals surface area contributed by atoms with E-state index in [0.29, 0.717) is 53.7 Å². The Balaban J connectivity index is 1.02. The number of fused-ring (bicyclic) bond motifs is 5. The highest BCUT2D eigenvalue weighted by atomic mass is 35.5. The molecule has 0 spiro atoms. The largest absolute Gasteiger partial charge is 0.496 e. The highest BCUT2D eigenvalue weighted by Gasteiger charge is 2.62. The first kappa shape index (κ1) is 37.3. The van der Waals surface area contributed by atoms with Gasteiger partial charge >= 0.3 is 6.09 Å². The molecule has 6 rings (SSSR count). The summed E-state index contributed by atoms with van der Waals surface area (Å²) in [7, 11) is 1.79. The zero-order valence-corrected chi connectivity index (χ0v) is 32.6. The number of carbonyl (C=O) groups excluding carboxylic acids is 2. The number of methoxy groups -OCH3 is 1. The van der Waals surface area contributed by atoms with Crippen LogP contribution in [0.25, 0.3) is 11.1 Å². The maximum atomic E-state index is 13.2. The molecule has 3 fully saturated rings. The van der Waals surface area contributed by atoms with Crippen molar-refractivity contribution < 1.29 is 28.2 Å². The first-order valence-electron chi connectivity index (χ1n) is 18.1. The Bertz CT molecular complexity index is 1710. The molecule has 51 heavy (non-hydrogen) atoms. The minimum Gasteiger partial charge on any atom is -0.496 e. The number of unbranched alkanes of at least 4 members (excludes halogenated alkanes) is 1. The maximum Gasteiger partial charge on any atom is 0.411 e. The van der Waals surface area contributed by atoms with Crippen LogP contribution in [0, 0.1) is 0 Å². The quantitative estimate of drug-likeness (QED) is 0.103. The zero-order chi connectivity index (χ0) is 36.5. The molecule has 0 saturated carbocycles. The third-order valence-electron chi connectivity index (χ3n) is 11.2. The molecule has 11 heteroatoms. The lowest BCUT2D eigenvalue weighted by molar-refractivity contribution is -0.116. The van der Waals surface area contributed by atoms with Gasteiger partial charge < -0.3 is 24.0 Å². The van der Waals surface area contributed by atoms with Gasteiger partial charge in [0.25, 0.3) is 0 Å². The molecule has 3 saturated heterocycles. The molecule has 2 N–H and O–H groups in total. The summed E-state index contributed by atoms with van der Waals surface area (Å²) in [5.74, 6) is 0.519. The van der Waals surface area contributed by atoms with Gasteiger partial charge in [-0.05, 0) is 67.7 Å². The van der Waals surface area contributed by atoms with Crippen LogP contribution < -0.4 is 15.4 Å². The van der Waals surface area contributed by atoms with Crippen molar-refractivity contribution in [3.05, 3.63) is 76.8 Å². The van der Waals surface area contributed by atoms with E-state index in [1.807, 2.05) is 48.5 Å². The molecular formula is C40H52ClN3O6Si. The summed E-state index contributed by atoms with van der Waals surface area (Å²) in [5, 5.41) is 6.55. The van der Waals surface area contributed by atoms with Gasteiger partial charge in [0.1, 0.15) is 24.1 Å². The molecule has 0 aliphatic carbocycles. The molecule has 0 radical (unpaired) electrons. The molecule has 274 valence electrons. The number of epoxide rings is 1. The van der Waals surface area contributed by atoms with Crippen LogP contribution in [0.15, 0.2) is 60.7 Å². The Hall–Kier alpha value is -3.41. The molecule has 3 aliphatic rings. The van der Waals surface area contributed by atoms with E-state index in [4.69, 9.17) is 30.2 Å². The first-order valence-corrected chi connectivity index (χ1v) is 21.4. The van der Waals surface area contributed by atoms with Gasteiger partial charge in [0.05, 0.1) is 30.1 Å². The van der Waals surface area contributed by atoms with E-state index in [0.717, 1.165) is 47.9 Å². The lowest BCUT2D eigenvalue weighted by atomic mass is 9.99. The second-order valence-electron chi connectivity index (χ2n) is 15.7. The summed E-state index contributed by atoms with van der Waals surface area (Å²) in [6, 6.07) is 20.4. The minimum atomic E-state index is -1.96. The fourth-order valence-corrected chi connectivity index (χ4v) is 8.29. The van der Waals surface area contributed by atoms with Crippen molar-refractivity contribution in [2.45, 2.75) is 114 Å². The second kappa shape index (κ2) is 15.3. The number of amides is 2. The molecule has 3 aromatic rings. The Morgan fingerprint density at radius 1 is 0.961 bits per heavy atom. The van der Waals surface area contributed by atoms with Crippen molar-refractivity contribution in [1.82, 2.24) is 4.90 Å². The zero-order valence-electron chi connectivity index (χ0n) is 30.9. The monoisotopic (exact) mass is 733 g/mol. The van der Waals surface area contributed by atoms with Crippen LogP contribution in [0.3, 0.4) is 0 Å². The fraction of sp³-hybridized carbons (Fsp3) is 0.500. The number of carbonyl (C=O) groups is 2. The highest BCUT2D eigenvalue weighted by Crippen LogP contribution is 2.48. The standard InChI is InChI=1S/C40H52ClN3O6Si/c1-40(2,3)51(6,7)48-24-27-20-30(41)32(23-35(27)47-5)42-36(45)16-12-11-13-25-17-18-29(26-14-9-8-10-15-26)31(19-25)43-39(46)49-28-21-33-37-38(50-37)34(22-28)44(33)4/h8-10,14-15,17-20,23,28,33-34,37-38H,11-13,16,21-22,24H2,1-7H3,(H,42,45)(H,43,46)/t28-,33-,34+,37-,38+. The summed E-state index contributed by atoms with van der Waals surface area (Å²) in [6.45, 7) is 11.4. The Labute approximate surface area is 308 Å². The number of halogens is 1. The number of anilines is 2. The number of morpholine rings is 1. The molecule has 9 nitrogen and oxygen atoms in total. The molecule has 3 aromatic carbocycles. The van der Waals surface area contributed by atoms with Crippen LogP contribution in [0.1, 0.15) is 64.0 Å². The number of nitrogens with zero attached hydrogens (tertiary/aromatic N) is 1. The summed E-state index contributed by atoms with van der Waals surface area (Å²) < 4.78 is 23.8. The van der Waals surface area contributed by atoms with Crippen LogP contribution in [-0.2, 0) is 31.7 Å². The van der Waals surface area contributed by atoms with Crippen molar-refractivity contribution in [2.75, 3.05) is 24.8 Å². The number of nitrogens with one attached hydrogen (secondary N) is 2. The van der Waals surface area contributed by atoms with Gasteiger partial charge in [0.2, 0.25) is 5.91 Å². The van der Waals surface area contributed by atoms with Gasteiger partial charge in [-0.2, -0.15) is 0 Å². The summed E-state index contributed by atoms with van der Waals surface area (Å²) in [5.41, 5.74) is 5.10. The Morgan fingerprint density at radius 3 is 2.33 bits per heavy atom. The molecule has 3 heterocycles. The molecule has 0 unspecified atom stereocenters. The Kier molecular flexibility index (Phi) is 11.2. The number of likely N-dealkylation sites (N-methyl/N-ethyl adjacent to an activating group) is 1. The molecule has 2 amide bonds. The van der Waals surface area contributed by atoms with Crippen LogP contribution in [0.2, 0.25) is 23.2 Å². The van der Waals surface area contributed by atoms with Gasteiger partial charge in [0, 0.05) is 48.5 Å². The van der Waals surface area contributed by atoms with E-state index in [-0.39, 0.29) is 29.3 Å². The van der Waals surface area contributed by atoms with Crippen LogP contribution in [0.5, 0.6) is 5.75 Å². The molecule has 3 aliphatic heterocycles. The topological polar surface area (TPSA) is 102 Å². The summed E-state index contributed by atoms with van der Waals surface area (Å²) in [6.07, 6.45) is 4.18. The Morgan fingerprint density at radius 2 is 1.67 bits per heavy atom. The van der Waals surface area contributed by atoms with Gasteiger partial charge in [-0.3, -0.25) is 15.0 Å². The van der Waals surface area contributed by atoms with Crippen molar-refractivity contribution in [3.63, 3.8) is 0 Å². The van der Waals surface area contributed by atoms with Gasteiger partial charge in [-0.25, -0.2) is 4.79 Å². The molecule has 5 atom stereocenters. The average Bonchev–Trinajstić information content (AvgIpc) is 3.85. The van der Waals surface area contributed by atoms with E-state index in [9.17, 15) is 9.59 Å². The normalized spacial score (nSPS) is 22.6. The van der Waals surface area contributed by atoms with E-state index in [1.54, 1.807) is 13.2 Å². The van der Waals surface area contributed by atoms with Crippen LogP contribution in [0.4, 0.5) is 16.2 Å². The third-order valence-corrected chi connectivity index (χ3v) is 16.0. The van der Waals surface area contributed by atoms with Crippen LogP contribution in [-0.4, -0.2) is 69.8 Å². The third kappa shape index (κ3) is 8.63. The van der Waals surface area contributed by atoms with Gasteiger partial charge in [0.15, 0.2) is 8.32 Å². The summed E-state index contributed by atoms with van der Waals surface area (Å²) >= 11 is 6.61. The molecular weight excluding hydrogens is 682 g/mol. The van der Waals surface area contributed by atoms with Gasteiger partial charge in [-0.15, -0.1) is 0 Å². The van der Waals surface area contributed by atoms with Gasteiger partial charge in [-0.1, -0.05) is 74.8 Å². The lowest BCUT2D eigenvalue weighted by Gasteiger charge is -2.37. The summed E-state index contributed by atoms with van der Waals surface area (Å²) in [4.78, 5) is 28.5. The molecule has 0 aromatic heterocycles. The van der Waals surface area contributed by atoms with E-state index >= 15 is 0 Å². The van der Waals surface area contributed by atoms with E-state index < -0.39 is 14.4 Å². The maximum absolute atomic E-state index is 13.2.